The Balaban J connectivity index is 1.25. The Labute approximate surface area is 321 Å². The van der Waals surface area contributed by atoms with Crippen LogP contribution in [-0.2, 0) is 0 Å². The molecule has 1 unspecified atom stereocenters. The molecule has 0 amide bonds. The van der Waals surface area contributed by atoms with Crippen molar-refractivity contribution < 1.29 is 0 Å². The summed E-state index contributed by atoms with van der Waals surface area (Å²) in [6.45, 7) is 2.36. The van der Waals surface area contributed by atoms with Gasteiger partial charge in [0.25, 0.3) is 0 Å². The van der Waals surface area contributed by atoms with Crippen molar-refractivity contribution in [1.29, 1.82) is 0 Å². The predicted octanol–water partition coefficient (Wildman–Crippen LogP) is 13.5. The molecule has 4 nitrogen and oxygen atoms in total. The van der Waals surface area contributed by atoms with Gasteiger partial charge in [0.05, 0.1) is 38.6 Å². The standard InChI is InChI=1S/C52H34N4/c1-31-26-29-47(54-42-22-10-6-17-35(42)36-18-7-11-23-43(36)54)53-52(38-20-5-4-15-33(31)38)56-44-24-12-8-19-37(44)40-30-41-48-34-16-3-2-14-32(34)27-28-46(48)55-45-25-13-9-21-39(45)49(50(40)56)51(41)55/h2-25,27-31H,26H2,1H3/b47-29-,53-52?. The summed E-state index contributed by atoms with van der Waals surface area (Å²) in [6, 6.07) is 60.3. The van der Waals surface area contributed by atoms with Gasteiger partial charge >= 0.3 is 0 Å². The highest BCUT2D eigenvalue weighted by Crippen LogP contribution is 2.48. The number of benzene rings is 8. The molecule has 8 aromatic carbocycles. The smallest absolute Gasteiger partial charge is 0.147 e. The number of aromatic nitrogens is 3. The summed E-state index contributed by atoms with van der Waals surface area (Å²) >= 11 is 0. The predicted molar refractivity (Wildman–Crippen MR) is 237 cm³/mol. The van der Waals surface area contributed by atoms with Crippen LogP contribution in [0.5, 0.6) is 0 Å². The van der Waals surface area contributed by atoms with Gasteiger partial charge < -0.3 is 4.40 Å². The van der Waals surface area contributed by atoms with E-state index in [0.29, 0.717) is 0 Å². The molecule has 0 fully saturated rings. The van der Waals surface area contributed by atoms with E-state index >= 15 is 0 Å². The van der Waals surface area contributed by atoms with Gasteiger partial charge in [-0.1, -0.05) is 134 Å². The quantitative estimate of drug-likeness (QED) is 0.162. The summed E-state index contributed by atoms with van der Waals surface area (Å²) < 4.78 is 7.40. The number of fused-ring (bicyclic) bond motifs is 16. The van der Waals surface area contributed by atoms with E-state index in [4.69, 9.17) is 4.99 Å². The highest BCUT2D eigenvalue weighted by molar-refractivity contribution is 6.38. The maximum absolute atomic E-state index is 5.91. The molecule has 1 aliphatic heterocycles. The zero-order valence-corrected chi connectivity index (χ0v) is 30.7. The number of aliphatic imine (C=N–C) groups is 1. The second kappa shape index (κ2) is 11.0. The maximum atomic E-state index is 5.91. The van der Waals surface area contributed by atoms with E-state index < -0.39 is 0 Å². The highest BCUT2D eigenvalue weighted by atomic mass is 15.2. The molecule has 13 rings (SSSR count). The Hall–Kier alpha value is -7.17. The van der Waals surface area contributed by atoms with Crippen LogP contribution in [0.1, 0.15) is 30.4 Å². The number of hydrogen-bond acceptors (Lipinski definition) is 1. The van der Waals surface area contributed by atoms with Crippen molar-refractivity contribution >= 4 is 104 Å². The third-order valence-electron chi connectivity index (χ3n) is 12.6. The van der Waals surface area contributed by atoms with Gasteiger partial charge in [0, 0.05) is 48.7 Å². The van der Waals surface area contributed by atoms with Crippen LogP contribution in [0.25, 0.3) is 98.3 Å². The number of rotatable bonds is 1. The molecule has 56 heavy (non-hydrogen) atoms. The lowest BCUT2D eigenvalue weighted by Gasteiger charge is -2.23. The second-order valence-electron chi connectivity index (χ2n) is 15.5. The first-order valence-electron chi connectivity index (χ1n) is 19.6. The fourth-order valence-electron chi connectivity index (χ4n) is 10.2. The van der Waals surface area contributed by atoms with Crippen molar-refractivity contribution in [2.75, 3.05) is 0 Å². The van der Waals surface area contributed by atoms with Crippen molar-refractivity contribution in [3.05, 3.63) is 181 Å². The Bertz CT molecular complexity index is 3640. The van der Waals surface area contributed by atoms with Crippen LogP contribution in [0, 0.1) is 0 Å². The molecule has 0 N–H and O–H groups in total. The van der Waals surface area contributed by atoms with Crippen molar-refractivity contribution in [2.24, 2.45) is 4.99 Å². The molecule has 4 aromatic heterocycles. The Kier molecular flexibility index (Phi) is 5.91. The Morgan fingerprint density at radius 1 is 0.464 bits per heavy atom. The van der Waals surface area contributed by atoms with Crippen LogP contribution in [-0.4, -0.2) is 19.4 Å². The third-order valence-corrected chi connectivity index (χ3v) is 12.6. The first-order valence-corrected chi connectivity index (χ1v) is 19.6. The zero-order valence-electron chi connectivity index (χ0n) is 30.7. The minimum atomic E-state index is 0.284. The van der Waals surface area contributed by atoms with E-state index in [0.717, 1.165) is 34.6 Å². The molecule has 262 valence electrons. The Morgan fingerprint density at radius 3 is 1.80 bits per heavy atom. The third kappa shape index (κ3) is 3.80. The molecule has 4 heteroatoms. The second-order valence-corrected chi connectivity index (χ2v) is 15.5. The first-order chi connectivity index (χ1) is 27.7. The van der Waals surface area contributed by atoms with E-state index in [1.54, 1.807) is 0 Å². The summed E-state index contributed by atoms with van der Waals surface area (Å²) in [5.41, 5.74) is 10.9. The molecule has 0 radical (unpaired) electrons. The topological polar surface area (TPSA) is 26.6 Å². The highest BCUT2D eigenvalue weighted by Gasteiger charge is 2.28. The summed E-state index contributed by atoms with van der Waals surface area (Å²) in [4.78, 5) is 5.91. The van der Waals surface area contributed by atoms with Crippen LogP contribution in [0.4, 0.5) is 0 Å². The number of para-hydroxylation sites is 4. The summed E-state index contributed by atoms with van der Waals surface area (Å²) in [5, 5.41) is 12.6. The molecule has 0 bridgehead atoms. The fourth-order valence-corrected chi connectivity index (χ4v) is 10.2. The fraction of sp³-hybridized carbons (Fsp3) is 0.0577. The molecule has 0 spiro atoms. The van der Waals surface area contributed by atoms with E-state index in [1.807, 2.05) is 0 Å². The van der Waals surface area contributed by atoms with E-state index in [-0.39, 0.29) is 5.92 Å². The van der Waals surface area contributed by atoms with Gasteiger partial charge in [0.15, 0.2) is 0 Å². The average Bonchev–Trinajstić information content (AvgIpc) is 3.97. The number of hydrogen-bond donors (Lipinski definition) is 0. The van der Waals surface area contributed by atoms with E-state index in [2.05, 4.69) is 190 Å². The average molecular weight is 715 g/mol. The molecule has 12 aromatic rings. The SMILES string of the molecule is CC1C/C=C(\n2c3ccccc3c3ccccc32)N=C(n2c3ccccc3c3cc4c5c6ccccc6ccc5n5c6ccccc6c(c32)c45)c2ccccc21. The van der Waals surface area contributed by atoms with Crippen LogP contribution < -0.4 is 0 Å². The molecular formula is C52H34N4. The molecule has 0 saturated heterocycles. The number of nitrogens with zero attached hydrogens (tertiary/aromatic N) is 4. The van der Waals surface area contributed by atoms with Crippen molar-refractivity contribution in [3.8, 4) is 0 Å². The zero-order chi connectivity index (χ0) is 36.6. The molecule has 0 saturated carbocycles. The largest absolute Gasteiger partial charge is 0.308 e. The van der Waals surface area contributed by atoms with Gasteiger partial charge in [-0.05, 0) is 71.1 Å². The molecule has 0 aliphatic carbocycles. The first kappa shape index (κ1) is 30.2. The molecule has 1 atom stereocenters. The lowest BCUT2D eigenvalue weighted by atomic mass is 9.91. The van der Waals surface area contributed by atoms with Gasteiger partial charge in [-0.2, -0.15) is 0 Å². The van der Waals surface area contributed by atoms with Crippen molar-refractivity contribution in [2.45, 2.75) is 19.3 Å². The van der Waals surface area contributed by atoms with Crippen LogP contribution in [0.15, 0.2) is 175 Å². The summed E-state index contributed by atoms with van der Waals surface area (Å²) in [5.74, 6) is 2.18. The summed E-state index contributed by atoms with van der Waals surface area (Å²) in [7, 11) is 0. The minimum absolute atomic E-state index is 0.284. The van der Waals surface area contributed by atoms with Crippen LogP contribution in [0.3, 0.4) is 0 Å². The van der Waals surface area contributed by atoms with Gasteiger partial charge in [0.2, 0.25) is 0 Å². The lowest BCUT2D eigenvalue weighted by Crippen LogP contribution is -2.19. The van der Waals surface area contributed by atoms with Gasteiger partial charge in [-0.3, -0.25) is 9.13 Å². The molecule has 5 heterocycles. The maximum Gasteiger partial charge on any atom is 0.147 e. The molecular weight excluding hydrogens is 681 g/mol. The lowest BCUT2D eigenvalue weighted by molar-refractivity contribution is 0.773. The number of allylic oxidation sites excluding steroid dienone is 1. The van der Waals surface area contributed by atoms with Crippen LogP contribution in [0.2, 0.25) is 0 Å². The van der Waals surface area contributed by atoms with Crippen molar-refractivity contribution in [1.82, 2.24) is 13.5 Å². The Morgan fingerprint density at radius 2 is 1.05 bits per heavy atom. The van der Waals surface area contributed by atoms with Crippen molar-refractivity contribution in [3.63, 3.8) is 0 Å². The van der Waals surface area contributed by atoms with Gasteiger partial charge in [0.1, 0.15) is 11.7 Å². The van der Waals surface area contributed by atoms with E-state index in [9.17, 15) is 0 Å². The summed E-state index contributed by atoms with van der Waals surface area (Å²) in [6.07, 6.45) is 3.24. The van der Waals surface area contributed by atoms with Gasteiger partial charge in [-0.25, -0.2) is 4.99 Å². The minimum Gasteiger partial charge on any atom is -0.308 e. The molecule has 1 aliphatic rings. The monoisotopic (exact) mass is 714 g/mol. The van der Waals surface area contributed by atoms with Gasteiger partial charge in [-0.15, -0.1) is 0 Å². The van der Waals surface area contributed by atoms with Crippen LogP contribution >= 0.6 is 0 Å². The van der Waals surface area contributed by atoms with E-state index in [1.165, 1.54) is 87.1 Å². The normalized spacial score (nSPS) is 16.1.